The van der Waals surface area contributed by atoms with Crippen LogP contribution in [-0.4, -0.2) is 18.3 Å². The third-order valence-corrected chi connectivity index (χ3v) is 3.74. The summed E-state index contributed by atoms with van der Waals surface area (Å²) in [5, 5.41) is 3.19. The second kappa shape index (κ2) is 4.32. The zero-order valence-corrected chi connectivity index (χ0v) is 8.82. The van der Waals surface area contributed by atoms with Crippen molar-refractivity contribution in [3.05, 3.63) is 0 Å². The lowest BCUT2D eigenvalue weighted by molar-refractivity contribution is -0.189. The van der Waals surface area contributed by atoms with Crippen molar-refractivity contribution >= 4 is 0 Å². The standard InChI is InChI=1S/C11H18F3N/c12-11(13,14)9-6-1-2-7-10(9)15-8-4-3-5-8/h8-10,15H,1-7H2. The highest BCUT2D eigenvalue weighted by Crippen LogP contribution is 2.38. The summed E-state index contributed by atoms with van der Waals surface area (Å²) in [6.07, 6.45) is 1.95. The minimum atomic E-state index is -4.01. The van der Waals surface area contributed by atoms with E-state index in [-0.39, 0.29) is 6.04 Å². The van der Waals surface area contributed by atoms with Gasteiger partial charge < -0.3 is 5.32 Å². The minimum absolute atomic E-state index is 0.313. The molecule has 15 heavy (non-hydrogen) atoms. The van der Waals surface area contributed by atoms with Gasteiger partial charge >= 0.3 is 6.18 Å². The minimum Gasteiger partial charge on any atom is -0.311 e. The summed E-state index contributed by atoms with van der Waals surface area (Å²) in [5.41, 5.74) is 0. The van der Waals surface area contributed by atoms with Gasteiger partial charge in [0.2, 0.25) is 0 Å². The Morgan fingerprint density at radius 1 is 0.867 bits per heavy atom. The van der Waals surface area contributed by atoms with E-state index in [2.05, 4.69) is 5.32 Å². The third-order valence-electron chi connectivity index (χ3n) is 3.74. The molecular weight excluding hydrogens is 203 g/mol. The van der Waals surface area contributed by atoms with E-state index in [9.17, 15) is 13.2 Å². The van der Waals surface area contributed by atoms with Crippen LogP contribution in [0.2, 0.25) is 0 Å². The molecule has 0 heterocycles. The second-order valence-electron chi connectivity index (χ2n) is 4.83. The molecule has 88 valence electrons. The molecule has 0 spiro atoms. The number of hydrogen-bond donors (Lipinski definition) is 1. The van der Waals surface area contributed by atoms with Crippen LogP contribution in [-0.2, 0) is 0 Å². The molecule has 2 rings (SSSR count). The third kappa shape index (κ3) is 2.65. The van der Waals surface area contributed by atoms with Crippen LogP contribution in [0.25, 0.3) is 0 Å². The molecule has 4 heteroatoms. The molecule has 0 aromatic heterocycles. The lowest BCUT2D eigenvalue weighted by Gasteiger charge is -2.38. The van der Waals surface area contributed by atoms with E-state index in [1.807, 2.05) is 0 Å². The first-order valence-electron chi connectivity index (χ1n) is 5.90. The monoisotopic (exact) mass is 221 g/mol. The smallest absolute Gasteiger partial charge is 0.311 e. The second-order valence-corrected chi connectivity index (χ2v) is 4.83. The number of halogens is 3. The summed E-state index contributed by atoms with van der Waals surface area (Å²) >= 11 is 0. The van der Waals surface area contributed by atoms with E-state index in [1.165, 1.54) is 6.42 Å². The number of alkyl halides is 3. The van der Waals surface area contributed by atoms with E-state index < -0.39 is 12.1 Å². The van der Waals surface area contributed by atoms with Crippen molar-refractivity contribution in [2.45, 2.75) is 63.2 Å². The summed E-state index contributed by atoms with van der Waals surface area (Å²) in [4.78, 5) is 0. The van der Waals surface area contributed by atoms with Gasteiger partial charge in [0.15, 0.2) is 0 Å². The molecule has 2 fully saturated rings. The van der Waals surface area contributed by atoms with Crippen LogP contribution in [0.15, 0.2) is 0 Å². The van der Waals surface area contributed by atoms with Gasteiger partial charge in [-0.25, -0.2) is 0 Å². The molecule has 1 N–H and O–H groups in total. The van der Waals surface area contributed by atoms with Crippen LogP contribution in [0.5, 0.6) is 0 Å². The molecular formula is C11H18F3N. The van der Waals surface area contributed by atoms with E-state index in [4.69, 9.17) is 0 Å². The van der Waals surface area contributed by atoms with Gasteiger partial charge in [0.25, 0.3) is 0 Å². The molecule has 2 unspecified atom stereocenters. The summed E-state index contributed by atoms with van der Waals surface area (Å²) in [5.74, 6) is -1.10. The predicted molar refractivity (Wildman–Crippen MR) is 52.6 cm³/mol. The maximum atomic E-state index is 12.7. The molecule has 1 nitrogen and oxygen atoms in total. The van der Waals surface area contributed by atoms with Crippen LogP contribution in [0, 0.1) is 5.92 Å². The van der Waals surface area contributed by atoms with Gasteiger partial charge in [-0.3, -0.25) is 0 Å². The Kier molecular flexibility index (Phi) is 3.24. The summed E-state index contributed by atoms with van der Waals surface area (Å²) in [7, 11) is 0. The fourth-order valence-corrected chi connectivity index (χ4v) is 2.60. The van der Waals surface area contributed by atoms with Crippen LogP contribution in [0.1, 0.15) is 44.9 Å². The lowest BCUT2D eigenvalue weighted by atomic mass is 9.82. The van der Waals surface area contributed by atoms with Crippen LogP contribution >= 0.6 is 0 Å². The van der Waals surface area contributed by atoms with Crippen molar-refractivity contribution in [2.75, 3.05) is 0 Å². The molecule has 0 aromatic carbocycles. The van der Waals surface area contributed by atoms with E-state index in [0.717, 1.165) is 25.7 Å². The molecule has 0 aliphatic heterocycles. The molecule has 2 saturated carbocycles. The maximum Gasteiger partial charge on any atom is 0.393 e. The van der Waals surface area contributed by atoms with Crippen LogP contribution < -0.4 is 5.32 Å². The normalized spacial score (nSPS) is 33.8. The van der Waals surface area contributed by atoms with Gasteiger partial charge in [-0.05, 0) is 25.7 Å². The van der Waals surface area contributed by atoms with Crippen molar-refractivity contribution in [1.29, 1.82) is 0 Å². The summed E-state index contributed by atoms with van der Waals surface area (Å²) in [6, 6.07) is 0.0435. The predicted octanol–water partition coefficient (Wildman–Crippen LogP) is 3.25. The zero-order chi connectivity index (χ0) is 10.9. The van der Waals surface area contributed by atoms with Gasteiger partial charge in [-0.15, -0.1) is 0 Å². The fourth-order valence-electron chi connectivity index (χ4n) is 2.60. The van der Waals surface area contributed by atoms with Gasteiger partial charge in [0.1, 0.15) is 0 Å². The Morgan fingerprint density at radius 3 is 2.07 bits per heavy atom. The SMILES string of the molecule is FC(F)(F)C1CCCCC1NC1CCC1. The summed E-state index contributed by atoms with van der Waals surface area (Å²) < 4.78 is 38.2. The number of hydrogen-bond acceptors (Lipinski definition) is 1. The van der Waals surface area contributed by atoms with Crippen LogP contribution in [0.4, 0.5) is 13.2 Å². The maximum absolute atomic E-state index is 12.7. The molecule has 2 aliphatic carbocycles. The molecule has 0 radical (unpaired) electrons. The largest absolute Gasteiger partial charge is 0.393 e. The molecule has 0 amide bonds. The molecule has 0 bridgehead atoms. The average Bonchev–Trinajstić information content (AvgIpc) is 2.10. The van der Waals surface area contributed by atoms with Crippen molar-refractivity contribution in [3.63, 3.8) is 0 Å². The molecule has 2 aliphatic rings. The first-order valence-corrected chi connectivity index (χ1v) is 5.90. The lowest BCUT2D eigenvalue weighted by Crippen LogP contribution is -2.51. The molecule has 0 saturated heterocycles. The van der Waals surface area contributed by atoms with Gasteiger partial charge in [0.05, 0.1) is 5.92 Å². The highest BCUT2D eigenvalue weighted by molar-refractivity contribution is 4.89. The highest BCUT2D eigenvalue weighted by atomic mass is 19.4. The van der Waals surface area contributed by atoms with E-state index >= 15 is 0 Å². The average molecular weight is 221 g/mol. The Morgan fingerprint density at radius 2 is 1.53 bits per heavy atom. The zero-order valence-electron chi connectivity index (χ0n) is 8.82. The first-order chi connectivity index (χ1) is 7.07. The van der Waals surface area contributed by atoms with Gasteiger partial charge in [-0.1, -0.05) is 19.3 Å². The van der Waals surface area contributed by atoms with E-state index in [0.29, 0.717) is 18.9 Å². The van der Waals surface area contributed by atoms with E-state index in [1.54, 1.807) is 0 Å². The van der Waals surface area contributed by atoms with Crippen LogP contribution in [0.3, 0.4) is 0 Å². The Balaban J connectivity index is 1.92. The fraction of sp³-hybridized carbons (Fsp3) is 1.00. The van der Waals surface area contributed by atoms with Gasteiger partial charge in [-0.2, -0.15) is 13.2 Å². The van der Waals surface area contributed by atoms with Crippen molar-refractivity contribution in [2.24, 2.45) is 5.92 Å². The highest BCUT2D eigenvalue weighted by Gasteiger charge is 2.46. The number of rotatable bonds is 2. The first kappa shape index (κ1) is 11.2. The Hall–Kier alpha value is -0.250. The quantitative estimate of drug-likeness (QED) is 0.754. The topological polar surface area (TPSA) is 12.0 Å². The molecule has 2 atom stereocenters. The van der Waals surface area contributed by atoms with Crippen molar-refractivity contribution in [1.82, 2.24) is 5.32 Å². The van der Waals surface area contributed by atoms with Gasteiger partial charge in [0, 0.05) is 12.1 Å². The van der Waals surface area contributed by atoms with Crippen molar-refractivity contribution in [3.8, 4) is 0 Å². The molecule has 0 aromatic rings. The Bertz CT molecular complexity index is 210. The number of nitrogens with one attached hydrogen (secondary N) is 1. The Labute approximate surface area is 88.4 Å². The van der Waals surface area contributed by atoms with Crippen molar-refractivity contribution < 1.29 is 13.2 Å². The summed E-state index contributed by atoms with van der Waals surface area (Å²) in [6.45, 7) is 0.